The molecule has 74 valence electrons. The van der Waals surface area contributed by atoms with Gasteiger partial charge < -0.3 is 20.5 Å². The SMILES string of the molecule is COc1cc2c(cc1N)NC(=O)CO2. The van der Waals surface area contributed by atoms with Crippen molar-refractivity contribution in [2.24, 2.45) is 0 Å². The Kier molecular flexibility index (Phi) is 1.92. The molecule has 1 heterocycles. The zero-order chi connectivity index (χ0) is 10.1. The van der Waals surface area contributed by atoms with Crippen molar-refractivity contribution in [2.45, 2.75) is 0 Å². The zero-order valence-corrected chi connectivity index (χ0v) is 7.66. The molecule has 0 aliphatic carbocycles. The number of ether oxygens (including phenoxy) is 2. The van der Waals surface area contributed by atoms with Gasteiger partial charge in [-0.05, 0) is 6.07 Å². The number of nitrogens with one attached hydrogen (secondary N) is 1. The summed E-state index contributed by atoms with van der Waals surface area (Å²) in [5.41, 5.74) is 6.72. The zero-order valence-electron chi connectivity index (χ0n) is 7.66. The van der Waals surface area contributed by atoms with Crippen molar-refractivity contribution >= 4 is 17.3 Å². The normalized spacial score (nSPS) is 13.9. The van der Waals surface area contributed by atoms with Crippen molar-refractivity contribution in [3.05, 3.63) is 12.1 Å². The first-order chi connectivity index (χ1) is 6.70. The molecule has 0 spiro atoms. The van der Waals surface area contributed by atoms with E-state index in [1.54, 1.807) is 12.1 Å². The van der Waals surface area contributed by atoms with E-state index < -0.39 is 0 Å². The Morgan fingerprint density at radius 1 is 1.57 bits per heavy atom. The first-order valence-electron chi connectivity index (χ1n) is 4.11. The third kappa shape index (κ3) is 1.32. The van der Waals surface area contributed by atoms with E-state index >= 15 is 0 Å². The van der Waals surface area contributed by atoms with E-state index in [2.05, 4.69) is 5.32 Å². The summed E-state index contributed by atoms with van der Waals surface area (Å²) in [6, 6.07) is 3.27. The van der Waals surface area contributed by atoms with Crippen LogP contribution in [-0.2, 0) is 4.79 Å². The predicted octanol–water partition coefficient (Wildman–Crippen LogP) is 0.608. The fourth-order valence-corrected chi connectivity index (χ4v) is 1.30. The Bertz CT molecular complexity index is 390. The van der Waals surface area contributed by atoms with Gasteiger partial charge in [0.2, 0.25) is 0 Å². The van der Waals surface area contributed by atoms with Gasteiger partial charge in [-0.2, -0.15) is 0 Å². The second-order valence-corrected chi connectivity index (χ2v) is 2.93. The van der Waals surface area contributed by atoms with Gasteiger partial charge in [-0.1, -0.05) is 0 Å². The molecular weight excluding hydrogens is 184 g/mol. The largest absolute Gasteiger partial charge is 0.494 e. The van der Waals surface area contributed by atoms with Crippen LogP contribution in [0.25, 0.3) is 0 Å². The van der Waals surface area contributed by atoms with Crippen LogP contribution in [-0.4, -0.2) is 19.6 Å². The van der Waals surface area contributed by atoms with Crippen LogP contribution in [0.1, 0.15) is 0 Å². The molecule has 0 saturated carbocycles. The van der Waals surface area contributed by atoms with Crippen molar-refractivity contribution in [1.29, 1.82) is 0 Å². The Morgan fingerprint density at radius 2 is 2.36 bits per heavy atom. The van der Waals surface area contributed by atoms with Gasteiger partial charge in [0.25, 0.3) is 5.91 Å². The molecule has 1 aliphatic heterocycles. The Morgan fingerprint density at radius 3 is 3.07 bits per heavy atom. The maximum Gasteiger partial charge on any atom is 0.262 e. The second kappa shape index (κ2) is 3.10. The molecule has 0 unspecified atom stereocenters. The first kappa shape index (κ1) is 8.68. The number of rotatable bonds is 1. The van der Waals surface area contributed by atoms with Crippen LogP contribution in [0, 0.1) is 0 Å². The van der Waals surface area contributed by atoms with E-state index in [1.807, 2.05) is 0 Å². The molecule has 0 bridgehead atoms. The standard InChI is InChI=1S/C9H10N2O3/c1-13-7-3-8-6(2-5(7)10)11-9(12)4-14-8/h2-3H,4,10H2,1H3,(H,11,12). The average molecular weight is 194 g/mol. The van der Waals surface area contributed by atoms with Gasteiger partial charge in [0.15, 0.2) is 6.61 Å². The van der Waals surface area contributed by atoms with E-state index in [-0.39, 0.29) is 12.5 Å². The van der Waals surface area contributed by atoms with Gasteiger partial charge in [0.1, 0.15) is 11.5 Å². The maximum atomic E-state index is 11.0. The van der Waals surface area contributed by atoms with Gasteiger partial charge >= 0.3 is 0 Å². The van der Waals surface area contributed by atoms with Crippen molar-refractivity contribution in [3.8, 4) is 11.5 Å². The van der Waals surface area contributed by atoms with E-state index in [1.165, 1.54) is 7.11 Å². The highest BCUT2D eigenvalue weighted by Gasteiger charge is 2.17. The number of methoxy groups -OCH3 is 1. The van der Waals surface area contributed by atoms with Gasteiger partial charge in [-0.3, -0.25) is 4.79 Å². The number of nitrogens with two attached hydrogens (primary N) is 1. The molecule has 0 saturated heterocycles. The minimum Gasteiger partial charge on any atom is -0.494 e. The Hall–Kier alpha value is -1.91. The van der Waals surface area contributed by atoms with Gasteiger partial charge in [0.05, 0.1) is 18.5 Å². The Balaban J connectivity index is 2.45. The van der Waals surface area contributed by atoms with Crippen molar-refractivity contribution in [3.63, 3.8) is 0 Å². The van der Waals surface area contributed by atoms with E-state index in [9.17, 15) is 4.79 Å². The monoisotopic (exact) mass is 194 g/mol. The molecule has 0 atom stereocenters. The first-order valence-corrected chi connectivity index (χ1v) is 4.11. The Labute approximate surface area is 80.8 Å². The lowest BCUT2D eigenvalue weighted by atomic mass is 10.2. The third-order valence-electron chi connectivity index (χ3n) is 1.96. The predicted molar refractivity (Wildman–Crippen MR) is 51.5 cm³/mol. The van der Waals surface area contributed by atoms with Gasteiger partial charge in [0, 0.05) is 6.07 Å². The quantitative estimate of drug-likeness (QED) is 0.642. The lowest BCUT2D eigenvalue weighted by molar-refractivity contribution is -0.118. The highest BCUT2D eigenvalue weighted by atomic mass is 16.5. The molecule has 2 rings (SSSR count). The van der Waals surface area contributed by atoms with Crippen LogP contribution in [0.3, 0.4) is 0 Å². The summed E-state index contributed by atoms with van der Waals surface area (Å²) in [6.45, 7) is 0.0278. The summed E-state index contributed by atoms with van der Waals surface area (Å²) in [4.78, 5) is 11.0. The number of benzene rings is 1. The third-order valence-corrected chi connectivity index (χ3v) is 1.96. The van der Waals surface area contributed by atoms with Crippen LogP contribution >= 0.6 is 0 Å². The number of fused-ring (bicyclic) bond motifs is 1. The van der Waals surface area contributed by atoms with Gasteiger partial charge in [-0.25, -0.2) is 0 Å². The van der Waals surface area contributed by atoms with Crippen molar-refractivity contribution in [1.82, 2.24) is 0 Å². The summed E-state index contributed by atoms with van der Waals surface area (Å²) in [5, 5.41) is 2.65. The number of carbonyl (C=O) groups is 1. The molecule has 5 heteroatoms. The highest BCUT2D eigenvalue weighted by molar-refractivity contribution is 5.96. The minimum absolute atomic E-state index is 0.0278. The number of anilines is 2. The number of hydrogen-bond acceptors (Lipinski definition) is 4. The smallest absolute Gasteiger partial charge is 0.262 e. The summed E-state index contributed by atoms with van der Waals surface area (Å²) in [7, 11) is 1.53. The van der Waals surface area contributed by atoms with Crippen LogP contribution in [0.15, 0.2) is 12.1 Å². The summed E-state index contributed by atoms with van der Waals surface area (Å²) >= 11 is 0. The highest BCUT2D eigenvalue weighted by Crippen LogP contribution is 2.36. The maximum absolute atomic E-state index is 11.0. The number of amides is 1. The van der Waals surface area contributed by atoms with Crippen LogP contribution in [0.5, 0.6) is 11.5 Å². The van der Waals surface area contributed by atoms with Crippen molar-refractivity contribution in [2.75, 3.05) is 24.8 Å². The summed E-state index contributed by atoms with van der Waals surface area (Å²) < 4.78 is 10.2. The lowest BCUT2D eigenvalue weighted by Gasteiger charge is -2.19. The number of nitrogen functional groups attached to an aromatic ring is 1. The van der Waals surface area contributed by atoms with Crippen LogP contribution < -0.4 is 20.5 Å². The molecule has 1 aliphatic rings. The van der Waals surface area contributed by atoms with E-state index in [0.29, 0.717) is 22.9 Å². The van der Waals surface area contributed by atoms with Crippen molar-refractivity contribution < 1.29 is 14.3 Å². The molecular formula is C9H10N2O3. The molecule has 3 N–H and O–H groups in total. The lowest BCUT2D eigenvalue weighted by Crippen LogP contribution is -2.25. The molecule has 5 nitrogen and oxygen atoms in total. The molecule has 1 aromatic rings. The minimum atomic E-state index is -0.179. The summed E-state index contributed by atoms with van der Waals surface area (Å²) in [5.74, 6) is 0.942. The fourth-order valence-electron chi connectivity index (χ4n) is 1.30. The molecule has 0 radical (unpaired) electrons. The molecule has 1 aromatic carbocycles. The van der Waals surface area contributed by atoms with Crippen LogP contribution in [0.2, 0.25) is 0 Å². The van der Waals surface area contributed by atoms with E-state index in [0.717, 1.165) is 0 Å². The second-order valence-electron chi connectivity index (χ2n) is 2.93. The fraction of sp³-hybridized carbons (Fsp3) is 0.222. The summed E-state index contributed by atoms with van der Waals surface area (Å²) in [6.07, 6.45) is 0. The molecule has 14 heavy (non-hydrogen) atoms. The van der Waals surface area contributed by atoms with Crippen LogP contribution in [0.4, 0.5) is 11.4 Å². The average Bonchev–Trinajstić information content (AvgIpc) is 2.16. The van der Waals surface area contributed by atoms with E-state index in [4.69, 9.17) is 15.2 Å². The topological polar surface area (TPSA) is 73.6 Å². The molecule has 0 aromatic heterocycles. The molecule has 1 amide bonds. The number of hydrogen-bond donors (Lipinski definition) is 2. The van der Waals surface area contributed by atoms with Gasteiger partial charge in [-0.15, -0.1) is 0 Å². The number of carbonyl (C=O) groups excluding carboxylic acids is 1. The molecule has 0 fully saturated rings.